The third-order valence-corrected chi connectivity index (χ3v) is 5.77. The first kappa shape index (κ1) is 17.8. The predicted molar refractivity (Wildman–Crippen MR) is 105 cm³/mol. The molecule has 0 spiro atoms. The molecule has 3 rings (SSSR count). The van der Waals surface area contributed by atoms with Crippen molar-refractivity contribution in [2.75, 3.05) is 51.6 Å². The van der Waals surface area contributed by atoms with Crippen LogP contribution in [0.3, 0.4) is 0 Å². The molecule has 2 saturated heterocycles. The van der Waals surface area contributed by atoms with Crippen molar-refractivity contribution in [1.29, 1.82) is 0 Å². The Morgan fingerprint density at radius 2 is 1.75 bits per heavy atom. The molecule has 132 valence electrons. The number of hydrogen-bond acceptors (Lipinski definition) is 4. The monoisotopic (exact) mass is 346 g/mol. The van der Waals surface area contributed by atoms with Gasteiger partial charge in [0, 0.05) is 45.0 Å². The van der Waals surface area contributed by atoms with Gasteiger partial charge in [0.25, 0.3) is 0 Å². The number of aliphatic imine (C=N–C) groups is 1. The number of hydrogen-bond donors (Lipinski definition) is 1. The molecule has 2 aliphatic rings. The summed E-state index contributed by atoms with van der Waals surface area (Å²) in [7, 11) is 0. The molecule has 2 fully saturated rings. The van der Waals surface area contributed by atoms with E-state index in [0.29, 0.717) is 0 Å². The van der Waals surface area contributed by atoms with E-state index in [9.17, 15) is 0 Å². The molecule has 0 amide bonds. The third-order valence-electron chi connectivity index (χ3n) is 4.67. The summed E-state index contributed by atoms with van der Waals surface area (Å²) in [6.07, 6.45) is 5.21. The molecule has 24 heavy (non-hydrogen) atoms. The lowest BCUT2D eigenvalue weighted by atomic mass is 10.1. The third kappa shape index (κ3) is 5.80. The Morgan fingerprint density at radius 3 is 2.50 bits per heavy atom. The second-order valence-corrected chi connectivity index (χ2v) is 7.63. The highest BCUT2D eigenvalue weighted by atomic mass is 32.2. The predicted octanol–water partition coefficient (Wildman–Crippen LogP) is 3.19. The summed E-state index contributed by atoms with van der Waals surface area (Å²) in [5.41, 5.74) is 1.08. The molecule has 2 heterocycles. The van der Waals surface area contributed by atoms with Crippen molar-refractivity contribution >= 4 is 22.6 Å². The molecule has 0 saturated carbocycles. The highest BCUT2D eigenvalue weighted by Gasteiger charge is 2.16. The number of rotatable bonds is 5. The van der Waals surface area contributed by atoms with Gasteiger partial charge >= 0.3 is 0 Å². The van der Waals surface area contributed by atoms with E-state index in [2.05, 4.69) is 45.4 Å². The van der Waals surface area contributed by atoms with Gasteiger partial charge in [0.1, 0.15) is 0 Å². The normalized spacial score (nSPS) is 20.3. The van der Waals surface area contributed by atoms with Crippen LogP contribution in [0.2, 0.25) is 0 Å². The minimum Gasteiger partial charge on any atom is -0.351 e. The van der Waals surface area contributed by atoms with Gasteiger partial charge in [-0.05, 0) is 44.4 Å². The molecule has 0 radical (unpaired) electrons. The van der Waals surface area contributed by atoms with Crippen molar-refractivity contribution in [1.82, 2.24) is 15.1 Å². The molecular weight excluding hydrogens is 316 g/mol. The topological polar surface area (TPSA) is 30.9 Å². The number of benzene rings is 1. The van der Waals surface area contributed by atoms with Crippen molar-refractivity contribution < 1.29 is 0 Å². The van der Waals surface area contributed by atoms with Gasteiger partial charge in [0.15, 0.2) is 5.17 Å². The summed E-state index contributed by atoms with van der Waals surface area (Å²) in [5, 5.41) is 4.64. The molecule has 2 aliphatic heterocycles. The number of nitrogens with one attached hydrogen (secondary N) is 1. The first-order chi connectivity index (χ1) is 11.9. The molecule has 1 N–H and O–H groups in total. The largest absolute Gasteiger partial charge is 0.351 e. The van der Waals surface area contributed by atoms with Crippen molar-refractivity contribution in [3.8, 4) is 0 Å². The molecule has 0 aromatic heterocycles. The van der Waals surface area contributed by atoms with Crippen molar-refractivity contribution in [3.63, 3.8) is 0 Å². The van der Waals surface area contributed by atoms with E-state index in [1.54, 1.807) is 0 Å². The standard InChI is InChI=1S/C19H30N4S/c1-3-8-18(9-4-1)21-19(23-13-5-2-6-14-23)24-17-7-12-22-15-10-20-11-16-22/h1,3-4,8-9,20H,2,5-7,10-17H2. The van der Waals surface area contributed by atoms with Gasteiger partial charge in [0.05, 0.1) is 5.69 Å². The van der Waals surface area contributed by atoms with Crippen LogP contribution in [-0.4, -0.2) is 66.5 Å². The molecular formula is C19H30N4S. The highest BCUT2D eigenvalue weighted by Crippen LogP contribution is 2.21. The van der Waals surface area contributed by atoms with Crippen LogP contribution < -0.4 is 5.32 Å². The van der Waals surface area contributed by atoms with Crippen molar-refractivity contribution in [3.05, 3.63) is 30.3 Å². The van der Waals surface area contributed by atoms with E-state index in [1.807, 2.05) is 11.8 Å². The van der Waals surface area contributed by atoms with Gasteiger partial charge in [-0.25, -0.2) is 4.99 Å². The zero-order chi connectivity index (χ0) is 16.5. The minimum absolute atomic E-state index is 1.08. The van der Waals surface area contributed by atoms with E-state index in [-0.39, 0.29) is 0 Å². The lowest BCUT2D eigenvalue weighted by molar-refractivity contribution is 0.242. The molecule has 5 heteroatoms. The Bertz CT molecular complexity index is 493. The molecule has 0 unspecified atom stereocenters. The van der Waals surface area contributed by atoms with E-state index in [0.717, 1.165) is 37.6 Å². The molecule has 1 aromatic rings. The minimum atomic E-state index is 1.08. The number of piperidine rings is 1. The fourth-order valence-corrected chi connectivity index (χ4v) is 4.27. The number of para-hydroxylation sites is 1. The van der Waals surface area contributed by atoms with Gasteiger partial charge in [-0.1, -0.05) is 30.0 Å². The average Bonchev–Trinajstić information content (AvgIpc) is 2.66. The van der Waals surface area contributed by atoms with Gasteiger partial charge in [-0.2, -0.15) is 0 Å². The van der Waals surface area contributed by atoms with Gasteiger partial charge in [0.2, 0.25) is 0 Å². The number of amidine groups is 1. The fraction of sp³-hybridized carbons (Fsp3) is 0.632. The molecule has 0 bridgehead atoms. The lowest BCUT2D eigenvalue weighted by Gasteiger charge is -2.30. The van der Waals surface area contributed by atoms with E-state index in [1.165, 1.54) is 50.5 Å². The second-order valence-electron chi connectivity index (χ2n) is 6.57. The Hall–Kier alpha value is -1.04. The summed E-state index contributed by atoms with van der Waals surface area (Å²) >= 11 is 1.95. The molecule has 4 nitrogen and oxygen atoms in total. The SMILES string of the molecule is c1ccc(N=C(SCCCN2CCNCC2)N2CCCCC2)cc1. The molecule has 0 atom stereocenters. The number of likely N-dealkylation sites (tertiary alicyclic amines) is 1. The Balaban J connectivity index is 1.52. The number of thioether (sulfide) groups is 1. The summed E-state index contributed by atoms with van der Waals surface area (Å²) < 4.78 is 0. The summed E-state index contributed by atoms with van der Waals surface area (Å²) in [4.78, 5) is 10.0. The van der Waals surface area contributed by atoms with Gasteiger partial charge in [-0.15, -0.1) is 0 Å². The zero-order valence-corrected chi connectivity index (χ0v) is 15.4. The Kier molecular flexibility index (Phi) is 7.45. The maximum Gasteiger partial charge on any atom is 0.164 e. The first-order valence-electron chi connectivity index (χ1n) is 9.36. The summed E-state index contributed by atoms with van der Waals surface area (Å²) in [6.45, 7) is 8.22. The van der Waals surface area contributed by atoms with Crippen LogP contribution in [0.1, 0.15) is 25.7 Å². The quantitative estimate of drug-likeness (QED) is 0.504. The first-order valence-corrected chi connectivity index (χ1v) is 10.3. The van der Waals surface area contributed by atoms with Crippen molar-refractivity contribution in [2.45, 2.75) is 25.7 Å². The van der Waals surface area contributed by atoms with Crippen LogP contribution in [0, 0.1) is 0 Å². The summed E-state index contributed by atoms with van der Waals surface area (Å²) in [6, 6.07) is 10.4. The smallest absolute Gasteiger partial charge is 0.164 e. The van der Waals surface area contributed by atoms with Crippen LogP contribution in [0.25, 0.3) is 0 Å². The lowest BCUT2D eigenvalue weighted by Crippen LogP contribution is -2.43. The van der Waals surface area contributed by atoms with E-state index in [4.69, 9.17) is 4.99 Å². The molecule has 0 aliphatic carbocycles. The second kappa shape index (κ2) is 10.1. The van der Waals surface area contributed by atoms with Crippen molar-refractivity contribution in [2.24, 2.45) is 4.99 Å². The zero-order valence-electron chi connectivity index (χ0n) is 14.6. The Labute approximate surface area is 150 Å². The van der Waals surface area contributed by atoms with Crippen LogP contribution in [-0.2, 0) is 0 Å². The summed E-state index contributed by atoms with van der Waals surface area (Å²) in [5.74, 6) is 1.16. The van der Waals surface area contributed by atoms with Crippen LogP contribution in [0.5, 0.6) is 0 Å². The fourth-order valence-electron chi connectivity index (χ4n) is 3.28. The van der Waals surface area contributed by atoms with Crippen LogP contribution in [0.4, 0.5) is 5.69 Å². The maximum atomic E-state index is 4.95. The van der Waals surface area contributed by atoms with E-state index < -0.39 is 0 Å². The van der Waals surface area contributed by atoms with Gasteiger partial charge < -0.3 is 15.1 Å². The Morgan fingerprint density at radius 1 is 1.00 bits per heavy atom. The van der Waals surface area contributed by atoms with Crippen LogP contribution >= 0.6 is 11.8 Å². The van der Waals surface area contributed by atoms with E-state index >= 15 is 0 Å². The molecule has 1 aromatic carbocycles. The average molecular weight is 347 g/mol. The van der Waals surface area contributed by atoms with Crippen LogP contribution in [0.15, 0.2) is 35.3 Å². The van der Waals surface area contributed by atoms with Gasteiger partial charge in [-0.3, -0.25) is 0 Å². The number of nitrogens with zero attached hydrogens (tertiary/aromatic N) is 3. The highest BCUT2D eigenvalue weighted by molar-refractivity contribution is 8.13. The maximum absolute atomic E-state index is 4.95. The number of piperazine rings is 1.